The molecule has 0 unspecified atom stereocenters. The lowest BCUT2D eigenvalue weighted by atomic mass is 10.2. The van der Waals surface area contributed by atoms with E-state index in [1.165, 1.54) is 0 Å². The number of hydrogen-bond acceptors (Lipinski definition) is 6. The second-order valence-corrected chi connectivity index (χ2v) is 5.91. The van der Waals surface area contributed by atoms with Crippen molar-refractivity contribution >= 4 is 15.7 Å². The number of non-ortho nitro benzene ring substituents is 1. The number of nitrogens with zero attached hydrogens (tertiary/aromatic N) is 1. The van der Waals surface area contributed by atoms with Crippen LogP contribution in [-0.2, 0) is 19.6 Å². The topological polar surface area (TPSA) is 108 Å². The first-order valence-corrected chi connectivity index (χ1v) is 7.47. The quantitative estimate of drug-likeness (QED) is 0.641. The van der Waals surface area contributed by atoms with Crippen LogP contribution >= 0.6 is 0 Å². The highest BCUT2D eigenvalue weighted by atomic mass is 32.2. The Morgan fingerprint density at radius 3 is 2.40 bits per heavy atom. The lowest BCUT2D eigenvalue weighted by Crippen LogP contribution is -2.33. The summed E-state index contributed by atoms with van der Waals surface area (Å²) in [5.41, 5.74) is -0.172. The summed E-state index contributed by atoms with van der Waals surface area (Å²) < 4.78 is 29.0. The van der Waals surface area contributed by atoms with Crippen LogP contribution in [0.3, 0.4) is 0 Å². The fraction of sp³-hybridized carbons (Fsp3) is 0.455. The van der Waals surface area contributed by atoms with Crippen molar-refractivity contribution in [2.75, 3.05) is 13.2 Å². The minimum atomic E-state index is -3.84. The molecule has 1 fully saturated rings. The lowest BCUT2D eigenvalue weighted by molar-refractivity contribution is -0.384. The van der Waals surface area contributed by atoms with Gasteiger partial charge in [0, 0.05) is 25.3 Å². The van der Waals surface area contributed by atoms with E-state index in [9.17, 15) is 18.5 Å². The fourth-order valence-corrected chi connectivity index (χ4v) is 2.57. The summed E-state index contributed by atoms with van der Waals surface area (Å²) in [6.07, 6.45) is 1.00. The Labute approximate surface area is 115 Å². The molecule has 0 bridgehead atoms. The number of sulfonamides is 1. The molecule has 0 atom stereocenters. The van der Waals surface area contributed by atoms with E-state index >= 15 is 0 Å². The molecule has 8 nitrogen and oxygen atoms in total. The number of benzene rings is 1. The Kier molecular flexibility index (Phi) is 4.65. The molecule has 20 heavy (non-hydrogen) atoms. The molecule has 0 aromatic heterocycles. The minimum Gasteiger partial charge on any atom is -0.381 e. The maximum Gasteiger partial charge on any atom is 0.269 e. The molecule has 1 aromatic carbocycles. The Morgan fingerprint density at radius 2 is 1.85 bits per heavy atom. The Balaban J connectivity index is 2.00. The maximum absolute atomic E-state index is 11.9. The van der Waals surface area contributed by atoms with E-state index in [-0.39, 0.29) is 16.7 Å². The molecule has 1 N–H and O–H groups in total. The van der Waals surface area contributed by atoms with Gasteiger partial charge in [-0.05, 0) is 25.0 Å². The van der Waals surface area contributed by atoms with Crippen molar-refractivity contribution in [3.8, 4) is 0 Å². The predicted molar refractivity (Wildman–Crippen MR) is 68.3 cm³/mol. The zero-order chi connectivity index (χ0) is 14.6. The standard InChI is InChI=1S/C11H14N2O6S/c14-13(15)9-1-3-11(4-2-9)20(16,17)12-19-10-5-7-18-8-6-10/h1-4,10,12H,5-8H2. The summed E-state index contributed by atoms with van der Waals surface area (Å²) in [5, 5.41) is 10.5. The van der Waals surface area contributed by atoms with Crippen LogP contribution in [0, 0.1) is 10.1 Å². The monoisotopic (exact) mass is 302 g/mol. The van der Waals surface area contributed by atoms with Crippen LogP contribution in [0.2, 0.25) is 0 Å². The Hall–Kier alpha value is -1.55. The second kappa shape index (κ2) is 6.27. The van der Waals surface area contributed by atoms with Gasteiger partial charge in [-0.25, -0.2) is 8.42 Å². The average Bonchev–Trinajstić information content (AvgIpc) is 2.46. The Bertz CT molecular complexity index is 565. The highest BCUT2D eigenvalue weighted by Crippen LogP contribution is 2.16. The summed E-state index contributed by atoms with van der Waals surface area (Å²) in [7, 11) is -3.84. The van der Waals surface area contributed by atoms with Crippen LogP contribution in [0.15, 0.2) is 29.2 Å². The first kappa shape index (κ1) is 14.9. The maximum atomic E-state index is 11.9. The van der Waals surface area contributed by atoms with Crippen molar-refractivity contribution in [1.82, 2.24) is 4.89 Å². The zero-order valence-electron chi connectivity index (χ0n) is 10.5. The van der Waals surface area contributed by atoms with Crippen LogP contribution in [0.4, 0.5) is 5.69 Å². The van der Waals surface area contributed by atoms with E-state index < -0.39 is 14.9 Å². The zero-order valence-corrected chi connectivity index (χ0v) is 11.3. The van der Waals surface area contributed by atoms with E-state index in [0.29, 0.717) is 26.1 Å². The normalized spacial score (nSPS) is 17.0. The average molecular weight is 302 g/mol. The van der Waals surface area contributed by atoms with Crippen LogP contribution in [0.25, 0.3) is 0 Å². The van der Waals surface area contributed by atoms with Gasteiger partial charge in [0.2, 0.25) is 0 Å². The van der Waals surface area contributed by atoms with Crippen molar-refractivity contribution in [3.05, 3.63) is 34.4 Å². The van der Waals surface area contributed by atoms with Crippen molar-refractivity contribution < 1.29 is 22.9 Å². The predicted octanol–water partition coefficient (Wildman–Crippen LogP) is 0.984. The van der Waals surface area contributed by atoms with Crippen molar-refractivity contribution in [2.45, 2.75) is 23.8 Å². The SMILES string of the molecule is O=[N+]([O-])c1ccc(S(=O)(=O)NOC2CCOCC2)cc1. The van der Waals surface area contributed by atoms with E-state index in [2.05, 4.69) is 0 Å². The van der Waals surface area contributed by atoms with Gasteiger partial charge in [-0.15, -0.1) is 0 Å². The first-order valence-electron chi connectivity index (χ1n) is 5.99. The van der Waals surface area contributed by atoms with Gasteiger partial charge in [0.25, 0.3) is 15.7 Å². The van der Waals surface area contributed by atoms with Gasteiger partial charge in [-0.1, -0.05) is 4.89 Å². The molecule has 1 saturated heterocycles. The highest BCUT2D eigenvalue weighted by molar-refractivity contribution is 7.89. The minimum absolute atomic E-state index is 0.0878. The smallest absolute Gasteiger partial charge is 0.269 e. The molecule has 0 radical (unpaired) electrons. The third-order valence-electron chi connectivity index (χ3n) is 2.85. The lowest BCUT2D eigenvalue weighted by Gasteiger charge is -2.21. The van der Waals surface area contributed by atoms with Crippen LogP contribution in [0.1, 0.15) is 12.8 Å². The van der Waals surface area contributed by atoms with E-state index in [4.69, 9.17) is 9.57 Å². The largest absolute Gasteiger partial charge is 0.381 e. The fourth-order valence-electron chi connectivity index (χ4n) is 1.72. The van der Waals surface area contributed by atoms with Gasteiger partial charge in [-0.3, -0.25) is 15.0 Å². The van der Waals surface area contributed by atoms with E-state index in [0.717, 1.165) is 24.3 Å². The summed E-state index contributed by atoms with van der Waals surface area (Å²) >= 11 is 0. The van der Waals surface area contributed by atoms with Gasteiger partial charge in [-0.2, -0.15) is 0 Å². The van der Waals surface area contributed by atoms with Crippen LogP contribution < -0.4 is 4.89 Å². The summed E-state index contributed by atoms with van der Waals surface area (Å²) in [5.74, 6) is 0. The van der Waals surface area contributed by atoms with Crippen LogP contribution in [-0.4, -0.2) is 32.7 Å². The van der Waals surface area contributed by atoms with Gasteiger partial charge in [0.1, 0.15) is 0 Å². The molecule has 0 spiro atoms. The number of nitro benzene ring substituents is 1. The number of hydrogen-bond donors (Lipinski definition) is 1. The molecule has 0 saturated carbocycles. The molecule has 2 rings (SSSR count). The molecule has 1 aliphatic rings. The van der Waals surface area contributed by atoms with Crippen molar-refractivity contribution in [1.29, 1.82) is 0 Å². The summed E-state index contributed by atoms with van der Waals surface area (Å²) in [6.45, 7) is 1.06. The molecule has 1 heterocycles. The van der Waals surface area contributed by atoms with E-state index in [1.807, 2.05) is 4.89 Å². The Morgan fingerprint density at radius 1 is 1.25 bits per heavy atom. The summed E-state index contributed by atoms with van der Waals surface area (Å²) in [6, 6.07) is 4.58. The van der Waals surface area contributed by atoms with Crippen molar-refractivity contribution in [3.63, 3.8) is 0 Å². The third kappa shape index (κ3) is 3.73. The number of rotatable bonds is 5. The van der Waals surface area contributed by atoms with E-state index in [1.54, 1.807) is 0 Å². The van der Waals surface area contributed by atoms with Crippen molar-refractivity contribution in [2.24, 2.45) is 0 Å². The number of ether oxygens (including phenoxy) is 1. The van der Waals surface area contributed by atoms with Gasteiger partial charge in [0.15, 0.2) is 0 Å². The molecule has 9 heteroatoms. The summed E-state index contributed by atoms with van der Waals surface area (Å²) in [4.78, 5) is 17.0. The molecule has 1 aromatic rings. The molecule has 1 aliphatic heterocycles. The van der Waals surface area contributed by atoms with Crippen LogP contribution in [0.5, 0.6) is 0 Å². The molecular formula is C11H14N2O6S. The van der Waals surface area contributed by atoms with Gasteiger partial charge < -0.3 is 4.74 Å². The number of nitrogens with one attached hydrogen (secondary N) is 1. The number of nitro groups is 1. The molecule has 110 valence electrons. The molecular weight excluding hydrogens is 288 g/mol. The van der Waals surface area contributed by atoms with Gasteiger partial charge in [0.05, 0.1) is 15.9 Å². The molecule has 0 amide bonds. The third-order valence-corrected chi connectivity index (χ3v) is 4.06. The first-order chi connectivity index (χ1) is 9.49. The van der Waals surface area contributed by atoms with Gasteiger partial charge >= 0.3 is 0 Å². The second-order valence-electron chi connectivity index (χ2n) is 4.27. The molecule has 0 aliphatic carbocycles. The highest BCUT2D eigenvalue weighted by Gasteiger charge is 2.20.